The molecule has 0 fully saturated rings. The third-order valence-electron chi connectivity index (χ3n) is 3.27. The molecule has 0 saturated heterocycles. The molecule has 0 N–H and O–H groups in total. The molecule has 0 saturated carbocycles. The number of hydrogen-bond acceptors (Lipinski definition) is 2. The maximum absolute atomic E-state index is 4.56. The maximum Gasteiger partial charge on any atom is 0.0940 e. The fourth-order valence-electron chi connectivity index (χ4n) is 2.39. The van der Waals surface area contributed by atoms with E-state index in [2.05, 4.69) is 41.5 Å². The van der Waals surface area contributed by atoms with Crippen molar-refractivity contribution in [2.24, 2.45) is 4.99 Å². The molecule has 1 aliphatic rings. The van der Waals surface area contributed by atoms with Gasteiger partial charge in [-0.25, -0.2) is 0 Å². The Kier molecular flexibility index (Phi) is 2.12. The van der Waals surface area contributed by atoms with Crippen molar-refractivity contribution in [3.63, 3.8) is 0 Å². The first-order valence-corrected chi connectivity index (χ1v) is 6.08. The maximum atomic E-state index is 4.56. The van der Waals surface area contributed by atoms with Crippen molar-refractivity contribution < 1.29 is 0 Å². The number of hydrogen-bond donors (Lipinski definition) is 0. The van der Waals surface area contributed by atoms with Gasteiger partial charge in [0.1, 0.15) is 0 Å². The minimum absolute atomic E-state index is 0.123. The molecule has 3 heterocycles. The van der Waals surface area contributed by atoms with Crippen molar-refractivity contribution in [1.29, 1.82) is 0 Å². The van der Waals surface area contributed by atoms with Gasteiger partial charge in [-0.2, -0.15) is 0 Å². The zero-order valence-electron chi connectivity index (χ0n) is 10.6. The lowest BCUT2D eigenvalue weighted by atomic mass is 9.88. The summed E-state index contributed by atoms with van der Waals surface area (Å²) < 4.78 is 2.30. The number of aryl methyl sites for hydroxylation is 1. The molecule has 2 aromatic rings. The van der Waals surface area contributed by atoms with Crippen LogP contribution < -0.4 is 0 Å². The molecule has 2 aromatic heterocycles. The number of aromatic nitrogens is 2. The Morgan fingerprint density at radius 2 is 2.12 bits per heavy atom. The molecule has 0 bridgehead atoms. The molecule has 1 aliphatic heterocycles. The Labute approximate surface area is 101 Å². The van der Waals surface area contributed by atoms with Crippen molar-refractivity contribution in [3.8, 4) is 0 Å². The highest BCUT2D eigenvalue weighted by Gasteiger charge is 2.23. The van der Waals surface area contributed by atoms with E-state index in [1.165, 1.54) is 11.1 Å². The summed E-state index contributed by atoms with van der Waals surface area (Å²) in [5.41, 5.74) is 4.77. The Morgan fingerprint density at radius 1 is 1.29 bits per heavy atom. The molecule has 0 atom stereocenters. The van der Waals surface area contributed by atoms with E-state index >= 15 is 0 Å². The highest BCUT2D eigenvalue weighted by molar-refractivity contribution is 5.92. The van der Waals surface area contributed by atoms with Crippen LogP contribution in [0.5, 0.6) is 0 Å². The highest BCUT2D eigenvalue weighted by atomic mass is 15.0. The second kappa shape index (κ2) is 3.42. The smallest absolute Gasteiger partial charge is 0.0940 e. The largest absolute Gasteiger partial charge is 0.344 e. The van der Waals surface area contributed by atoms with Crippen LogP contribution in [0.15, 0.2) is 23.5 Å². The van der Waals surface area contributed by atoms with Gasteiger partial charge < -0.3 is 4.57 Å². The molecule has 0 radical (unpaired) electrons. The van der Waals surface area contributed by atoms with Crippen LogP contribution in [0.2, 0.25) is 0 Å². The SMILES string of the molecule is CC(C)(C)c1cn2c3c(ccnc13)N=CCC2. The standard InChI is InChI=1S/C14H17N3/c1-14(2,3)10-9-17-8-4-6-15-11-5-7-16-12(10)13(11)17/h5-7,9H,4,8H2,1-3H3. The summed E-state index contributed by atoms with van der Waals surface area (Å²) in [4.78, 5) is 9.07. The second-order valence-corrected chi connectivity index (χ2v) is 5.61. The van der Waals surface area contributed by atoms with E-state index in [0.717, 1.165) is 24.2 Å². The summed E-state index contributed by atoms with van der Waals surface area (Å²) in [5.74, 6) is 0. The van der Waals surface area contributed by atoms with Crippen LogP contribution in [-0.2, 0) is 12.0 Å². The molecule has 3 heteroatoms. The number of nitrogens with zero attached hydrogens (tertiary/aromatic N) is 3. The minimum Gasteiger partial charge on any atom is -0.344 e. The van der Waals surface area contributed by atoms with Gasteiger partial charge in [-0.15, -0.1) is 0 Å². The lowest BCUT2D eigenvalue weighted by molar-refractivity contribution is 0.589. The van der Waals surface area contributed by atoms with Crippen molar-refractivity contribution in [2.75, 3.05) is 0 Å². The Bertz CT molecular complexity index is 600. The average molecular weight is 227 g/mol. The molecule has 17 heavy (non-hydrogen) atoms. The van der Waals surface area contributed by atoms with Crippen LogP contribution in [0.3, 0.4) is 0 Å². The van der Waals surface area contributed by atoms with Gasteiger partial charge in [0.25, 0.3) is 0 Å². The first-order valence-electron chi connectivity index (χ1n) is 6.08. The summed E-state index contributed by atoms with van der Waals surface area (Å²) in [6, 6.07) is 1.99. The molecule has 88 valence electrons. The highest BCUT2D eigenvalue weighted by Crippen LogP contribution is 2.35. The summed E-state index contributed by atoms with van der Waals surface area (Å²) in [6.45, 7) is 7.69. The predicted octanol–water partition coefficient (Wildman–Crippen LogP) is 3.44. The lowest BCUT2D eigenvalue weighted by Gasteiger charge is -2.16. The van der Waals surface area contributed by atoms with Crippen LogP contribution in [0.4, 0.5) is 5.69 Å². The van der Waals surface area contributed by atoms with Gasteiger partial charge in [0.05, 0.1) is 16.7 Å². The molecular formula is C14H17N3. The fourth-order valence-corrected chi connectivity index (χ4v) is 2.39. The topological polar surface area (TPSA) is 30.2 Å². The average Bonchev–Trinajstić information content (AvgIpc) is 2.51. The molecule has 0 spiro atoms. The predicted molar refractivity (Wildman–Crippen MR) is 71.2 cm³/mol. The minimum atomic E-state index is 0.123. The van der Waals surface area contributed by atoms with E-state index in [0.29, 0.717) is 0 Å². The van der Waals surface area contributed by atoms with Crippen molar-refractivity contribution in [3.05, 3.63) is 24.0 Å². The zero-order valence-corrected chi connectivity index (χ0v) is 10.6. The van der Waals surface area contributed by atoms with Crippen LogP contribution in [0, 0.1) is 0 Å². The number of pyridine rings is 1. The lowest BCUT2D eigenvalue weighted by Crippen LogP contribution is -2.10. The van der Waals surface area contributed by atoms with Gasteiger partial charge in [-0.05, 0) is 11.5 Å². The molecule has 3 rings (SSSR count). The molecule has 0 aliphatic carbocycles. The Morgan fingerprint density at radius 3 is 2.88 bits per heavy atom. The summed E-state index contributed by atoms with van der Waals surface area (Å²) in [7, 11) is 0. The van der Waals surface area contributed by atoms with E-state index in [-0.39, 0.29) is 5.41 Å². The van der Waals surface area contributed by atoms with E-state index < -0.39 is 0 Å². The van der Waals surface area contributed by atoms with Crippen LogP contribution >= 0.6 is 0 Å². The van der Waals surface area contributed by atoms with Crippen LogP contribution in [-0.4, -0.2) is 15.8 Å². The van der Waals surface area contributed by atoms with Gasteiger partial charge in [0.2, 0.25) is 0 Å². The number of aliphatic imine (C=N–C) groups is 1. The van der Waals surface area contributed by atoms with E-state index in [9.17, 15) is 0 Å². The fraction of sp³-hybridized carbons (Fsp3) is 0.429. The second-order valence-electron chi connectivity index (χ2n) is 5.61. The monoisotopic (exact) mass is 227 g/mol. The number of rotatable bonds is 0. The molecular weight excluding hydrogens is 210 g/mol. The van der Waals surface area contributed by atoms with Crippen molar-refractivity contribution in [2.45, 2.75) is 39.2 Å². The van der Waals surface area contributed by atoms with Crippen molar-refractivity contribution in [1.82, 2.24) is 9.55 Å². The normalized spacial score (nSPS) is 15.2. The quantitative estimate of drug-likeness (QED) is 0.678. The Hall–Kier alpha value is -1.64. The molecule has 0 amide bonds. The van der Waals surface area contributed by atoms with Gasteiger partial charge in [0.15, 0.2) is 0 Å². The van der Waals surface area contributed by atoms with E-state index in [1.54, 1.807) is 0 Å². The summed E-state index contributed by atoms with van der Waals surface area (Å²) in [5, 5.41) is 0. The summed E-state index contributed by atoms with van der Waals surface area (Å²) >= 11 is 0. The van der Waals surface area contributed by atoms with Crippen molar-refractivity contribution >= 4 is 22.9 Å². The molecule has 0 aromatic carbocycles. The van der Waals surface area contributed by atoms with Gasteiger partial charge in [-0.1, -0.05) is 20.8 Å². The molecule has 0 unspecified atom stereocenters. The van der Waals surface area contributed by atoms with E-state index in [4.69, 9.17) is 0 Å². The summed E-state index contributed by atoms with van der Waals surface area (Å²) in [6.07, 6.45) is 7.09. The first-order chi connectivity index (χ1) is 8.07. The third-order valence-corrected chi connectivity index (χ3v) is 3.27. The zero-order chi connectivity index (χ0) is 12.0. The van der Waals surface area contributed by atoms with Gasteiger partial charge in [0, 0.05) is 37.1 Å². The Balaban J connectivity index is 2.40. The van der Waals surface area contributed by atoms with Crippen LogP contribution in [0.1, 0.15) is 32.8 Å². The first kappa shape index (κ1) is 10.5. The van der Waals surface area contributed by atoms with E-state index in [1.807, 2.05) is 18.5 Å². The van der Waals surface area contributed by atoms with Gasteiger partial charge in [-0.3, -0.25) is 9.98 Å². The van der Waals surface area contributed by atoms with Gasteiger partial charge >= 0.3 is 0 Å². The molecule has 3 nitrogen and oxygen atoms in total. The van der Waals surface area contributed by atoms with Crippen LogP contribution in [0.25, 0.3) is 11.0 Å². The third kappa shape index (κ3) is 1.57.